The molecule has 0 aliphatic rings. The van der Waals surface area contributed by atoms with Gasteiger partial charge >= 0.3 is 6.18 Å². The summed E-state index contributed by atoms with van der Waals surface area (Å²) in [5.74, 6) is 0.00660. The molecule has 0 aromatic carbocycles. The minimum atomic E-state index is -4.41. The highest BCUT2D eigenvalue weighted by molar-refractivity contribution is 5.45. The van der Waals surface area contributed by atoms with Gasteiger partial charge in [0.2, 0.25) is 0 Å². The SMILES string of the molecule is CCCC(CCO)CNc1ncccc1C(F)(F)F. The molecule has 0 saturated carbocycles. The first-order valence-corrected chi connectivity index (χ1v) is 6.36. The number of anilines is 1. The molecule has 0 bridgehead atoms. The van der Waals surface area contributed by atoms with Gasteiger partial charge in [-0.3, -0.25) is 0 Å². The van der Waals surface area contributed by atoms with Crippen molar-refractivity contribution in [3.63, 3.8) is 0 Å². The number of hydrogen-bond donors (Lipinski definition) is 2. The normalized spacial score (nSPS) is 13.3. The van der Waals surface area contributed by atoms with E-state index >= 15 is 0 Å². The van der Waals surface area contributed by atoms with E-state index in [-0.39, 0.29) is 18.3 Å². The molecule has 108 valence electrons. The molecule has 1 rings (SSSR count). The molecule has 0 radical (unpaired) electrons. The van der Waals surface area contributed by atoms with Gasteiger partial charge in [0.15, 0.2) is 0 Å². The third-order valence-electron chi connectivity index (χ3n) is 2.91. The van der Waals surface area contributed by atoms with E-state index in [2.05, 4.69) is 10.3 Å². The first kappa shape index (κ1) is 15.8. The molecule has 0 spiro atoms. The zero-order valence-corrected chi connectivity index (χ0v) is 10.9. The molecule has 1 aromatic rings. The van der Waals surface area contributed by atoms with Crippen LogP contribution in [0.15, 0.2) is 18.3 Å². The lowest BCUT2D eigenvalue weighted by atomic mass is 10.0. The van der Waals surface area contributed by atoms with E-state index < -0.39 is 11.7 Å². The van der Waals surface area contributed by atoms with Crippen molar-refractivity contribution in [2.75, 3.05) is 18.5 Å². The molecule has 1 aromatic heterocycles. The molecule has 19 heavy (non-hydrogen) atoms. The molecular formula is C13H19F3N2O. The van der Waals surface area contributed by atoms with Gasteiger partial charge in [-0.15, -0.1) is 0 Å². The predicted octanol–water partition coefficient (Wildman–Crippen LogP) is 3.31. The second kappa shape index (κ2) is 7.33. The van der Waals surface area contributed by atoms with Gasteiger partial charge in [-0.25, -0.2) is 4.98 Å². The van der Waals surface area contributed by atoms with Crippen molar-refractivity contribution in [3.05, 3.63) is 23.9 Å². The van der Waals surface area contributed by atoms with E-state index in [0.29, 0.717) is 13.0 Å². The van der Waals surface area contributed by atoms with Crippen LogP contribution in [0.5, 0.6) is 0 Å². The highest BCUT2D eigenvalue weighted by atomic mass is 19.4. The summed E-state index contributed by atoms with van der Waals surface area (Å²) in [5.41, 5.74) is -0.755. The van der Waals surface area contributed by atoms with E-state index in [4.69, 9.17) is 5.11 Å². The van der Waals surface area contributed by atoms with Gasteiger partial charge in [0.25, 0.3) is 0 Å². The van der Waals surface area contributed by atoms with Gasteiger partial charge in [-0.2, -0.15) is 13.2 Å². The van der Waals surface area contributed by atoms with Crippen LogP contribution in [0, 0.1) is 5.92 Å². The fourth-order valence-corrected chi connectivity index (χ4v) is 1.96. The molecule has 0 aliphatic carbocycles. The minimum absolute atomic E-state index is 0.0424. The monoisotopic (exact) mass is 276 g/mol. The van der Waals surface area contributed by atoms with Crippen molar-refractivity contribution in [2.24, 2.45) is 5.92 Å². The predicted molar refractivity (Wildman–Crippen MR) is 67.8 cm³/mol. The van der Waals surface area contributed by atoms with E-state index in [0.717, 1.165) is 18.9 Å². The van der Waals surface area contributed by atoms with Gasteiger partial charge < -0.3 is 10.4 Å². The molecule has 0 saturated heterocycles. The maximum absolute atomic E-state index is 12.7. The lowest BCUT2D eigenvalue weighted by Crippen LogP contribution is -2.19. The minimum Gasteiger partial charge on any atom is -0.396 e. The second-order valence-electron chi connectivity index (χ2n) is 4.45. The van der Waals surface area contributed by atoms with Crippen LogP contribution in [0.1, 0.15) is 31.7 Å². The molecule has 0 amide bonds. The Balaban J connectivity index is 2.71. The number of nitrogens with zero attached hydrogens (tertiary/aromatic N) is 1. The lowest BCUT2D eigenvalue weighted by molar-refractivity contribution is -0.137. The summed E-state index contributed by atoms with van der Waals surface area (Å²) in [6.07, 6.45) is -0.705. The van der Waals surface area contributed by atoms with Crippen molar-refractivity contribution in [1.82, 2.24) is 4.98 Å². The lowest BCUT2D eigenvalue weighted by Gasteiger charge is -2.18. The summed E-state index contributed by atoms with van der Waals surface area (Å²) >= 11 is 0. The van der Waals surface area contributed by atoms with Gasteiger partial charge in [-0.05, 0) is 30.9 Å². The molecule has 1 atom stereocenters. The van der Waals surface area contributed by atoms with E-state index in [1.54, 1.807) is 0 Å². The Morgan fingerprint density at radius 3 is 2.68 bits per heavy atom. The van der Waals surface area contributed by atoms with Crippen LogP contribution in [0.3, 0.4) is 0 Å². The zero-order chi connectivity index (χ0) is 14.3. The standard InChI is InChI=1S/C13H19F3N2O/c1-2-4-10(6-8-19)9-18-12-11(13(14,15)16)5-3-7-17-12/h3,5,7,10,19H,2,4,6,8-9H2,1H3,(H,17,18). The first-order valence-electron chi connectivity index (χ1n) is 6.36. The van der Waals surface area contributed by atoms with E-state index in [9.17, 15) is 13.2 Å². The maximum Gasteiger partial charge on any atom is 0.419 e. The van der Waals surface area contributed by atoms with Crippen molar-refractivity contribution in [3.8, 4) is 0 Å². The number of rotatable bonds is 7. The highest BCUT2D eigenvalue weighted by Gasteiger charge is 2.34. The van der Waals surface area contributed by atoms with Gasteiger partial charge in [0.1, 0.15) is 5.82 Å². The van der Waals surface area contributed by atoms with Crippen LogP contribution in [-0.2, 0) is 6.18 Å². The number of aromatic nitrogens is 1. The first-order chi connectivity index (χ1) is 8.99. The summed E-state index contributed by atoms with van der Waals surface area (Å²) in [5, 5.41) is 11.7. The third kappa shape index (κ3) is 5.06. The van der Waals surface area contributed by atoms with Crippen molar-refractivity contribution < 1.29 is 18.3 Å². The van der Waals surface area contributed by atoms with E-state index in [1.807, 2.05) is 6.92 Å². The molecule has 1 unspecified atom stereocenters. The number of aliphatic hydroxyl groups is 1. The number of halogens is 3. The Morgan fingerprint density at radius 2 is 2.11 bits per heavy atom. The average molecular weight is 276 g/mol. The molecule has 2 N–H and O–H groups in total. The largest absolute Gasteiger partial charge is 0.419 e. The van der Waals surface area contributed by atoms with Gasteiger partial charge in [0.05, 0.1) is 5.56 Å². The topological polar surface area (TPSA) is 45.1 Å². The van der Waals surface area contributed by atoms with Gasteiger partial charge in [-0.1, -0.05) is 13.3 Å². The molecule has 1 heterocycles. The highest BCUT2D eigenvalue weighted by Crippen LogP contribution is 2.33. The Kier molecular flexibility index (Phi) is 6.08. The molecule has 0 fully saturated rings. The number of pyridine rings is 1. The Hall–Kier alpha value is -1.30. The van der Waals surface area contributed by atoms with Crippen molar-refractivity contribution in [2.45, 2.75) is 32.4 Å². The van der Waals surface area contributed by atoms with Crippen LogP contribution < -0.4 is 5.32 Å². The van der Waals surface area contributed by atoms with Crippen molar-refractivity contribution in [1.29, 1.82) is 0 Å². The second-order valence-corrected chi connectivity index (χ2v) is 4.45. The van der Waals surface area contributed by atoms with E-state index in [1.165, 1.54) is 12.3 Å². The summed E-state index contributed by atoms with van der Waals surface area (Å²) < 4.78 is 38.2. The summed E-state index contributed by atoms with van der Waals surface area (Å²) in [4.78, 5) is 3.74. The summed E-state index contributed by atoms with van der Waals surface area (Å²) in [6.45, 7) is 2.43. The molecule has 6 heteroatoms. The number of hydrogen-bond acceptors (Lipinski definition) is 3. The van der Waals surface area contributed by atoms with Crippen molar-refractivity contribution >= 4 is 5.82 Å². The summed E-state index contributed by atoms with van der Waals surface area (Å²) in [7, 11) is 0. The van der Waals surface area contributed by atoms with Crippen LogP contribution in [-0.4, -0.2) is 23.2 Å². The number of alkyl halides is 3. The maximum atomic E-state index is 12.7. The summed E-state index contributed by atoms with van der Waals surface area (Å²) in [6, 6.07) is 2.28. The Bertz CT molecular complexity index is 376. The fourth-order valence-electron chi connectivity index (χ4n) is 1.96. The number of nitrogens with one attached hydrogen (secondary N) is 1. The fraction of sp³-hybridized carbons (Fsp3) is 0.615. The Labute approximate surface area is 110 Å². The van der Waals surface area contributed by atoms with Crippen LogP contribution >= 0.6 is 0 Å². The zero-order valence-electron chi connectivity index (χ0n) is 10.9. The average Bonchev–Trinajstić information content (AvgIpc) is 2.36. The number of aliphatic hydroxyl groups excluding tert-OH is 1. The molecule has 3 nitrogen and oxygen atoms in total. The molecular weight excluding hydrogens is 257 g/mol. The third-order valence-corrected chi connectivity index (χ3v) is 2.91. The van der Waals surface area contributed by atoms with Crippen LogP contribution in [0.2, 0.25) is 0 Å². The quantitative estimate of drug-likeness (QED) is 0.803. The van der Waals surface area contributed by atoms with Gasteiger partial charge in [0, 0.05) is 19.3 Å². The smallest absolute Gasteiger partial charge is 0.396 e. The molecule has 0 aliphatic heterocycles. The van der Waals surface area contributed by atoms with Crippen LogP contribution in [0.25, 0.3) is 0 Å². The van der Waals surface area contributed by atoms with Crippen LogP contribution in [0.4, 0.5) is 19.0 Å². The Morgan fingerprint density at radius 1 is 1.37 bits per heavy atom.